The van der Waals surface area contributed by atoms with E-state index in [0.717, 1.165) is 57.5 Å². The first-order valence-corrected chi connectivity index (χ1v) is 11.6. The molecule has 5 rings (SSSR count). The number of hydrogen-bond donors (Lipinski definition) is 1. The van der Waals surface area contributed by atoms with Crippen LogP contribution in [0, 0.1) is 0 Å². The van der Waals surface area contributed by atoms with Crippen molar-refractivity contribution < 1.29 is 18.3 Å². The summed E-state index contributed by atoms with van der Waals surface area (Å²) in [5.74, 6) is 0.116. The van der Waals surface area contributed by atoms with E-state index in [-0.39, 0.29) is 18.2 Å². The lowest BCUT2D eigenvalue weighted by Gasteiger charge is -2.13. The average molecular weight is 472 g/mol. The summed E-state index contributed by atoms with van der Waals surface area (Å²) in [6.07, 6.45) is -3.56. The lowest BCUT2D eigenvalue weighted by atomic mass is 9.94. The summed E-state index contributed by atoms with van der Waals surface area (Å²) in [5, 5.41) is 9.59. The number of rotatable bonds is 5. The lowest BCUT2D eigenvalue weighted by molar-refractivity contribution is -0.137. The summed E-state index contributed by atoms with van der Waals surface area (Å²) in [5.41, 5.74) is 7.17. The molecule has 0 aliphatic heterocycles. The van der Waals surface area contributed by atoms with Gasteiger partial charge < -0.3 is 5.11 Å². The Labute approximate surface area is 202 Å². The Bertz CT molecular complexity index is 1400. The van der Waals surface area contributed by atoms with Crippen molar-refractivity contribution in [1.82, 2.24) is 0 Å². The van der Waals surface area contributed by atoms with Gasteiger partial charge >= 0.3 is 6.18 Å². The van der Waals surface area contributed by atoms with Crippen molar-refractivity contribution >= 4 is 11.4 Å². The van der Waals surface area contributed by atoms with Crippen LogP contribution in [-0.4, -0.2) is 17.4 Å². The smallest absolute Gasteiger partial charge is 0.396 e. The number of aliphatic imine (C=N–C) groups is 1. The molecule has 0 saturated heterocycles. The van der Waals surface area contributed by atoms with Crippen LogP contribution in [0.3, 0.4) is 0 Å². The zero-order valence-corrected chi connectivity index (χ0v) is 19.2. The lowest BCUT2D eigenvalue weighted by Crippen LogP contribution is -2.04. The number of aliphatic hydroxyl groups is 1. The van der Waals surface area contributed by atoms with E-state index < -0.39 is 11.7 Å². The van der Waals surface area contributed by atoms with E-state index in [1.54, 1.807) is 6.07 Å². The van der Waals surface area contributed by atoms with Gasteiger partial charge in [0.15, 0.2) is 0 Å². The molecule has 1 unspecified atom stereocenters. The van der Waals surface area contributed by atoms with Crippen LogP contribution in [0.5, 0.6) is 0 Å². The van der Waals surface area contributed by atoms with E-state index in [2.05, 4.69) is 25.1 Å². The Kier molecular flexibility index (Phi) is 6.03. The summed E-state index contributed by atoms with van der Waals surface area (Å²) in [6, 6.07) is 27.3. The summed E-state index contributed by atoms with van der Waals surface area (Å²) in [6.45, 7) is 2.17. The first-order valence-electron chi connectivity index (χ1n) is 11.6. The highest BCUT2D eigenvalue weighted by molar-refractivity contribution is 6.25. The number of nitrogens with zero attached hydrogens (tertiary/aromatic N) is 1. The molecule has 35 heavy (non-hydrogen) atoms. The van der Waals surface area contributed by atoms with Crippen LogP contribution in [-0.2, 0) is 6.18 Å². The van der Waals surface area contributed by atoms with Crippen molar-refractivity contribution in [3.05, 3.63) is 113 Å². The molecule has 2 nitrogen and oxygen atoms in total. The Morgan fingerprint density at radius 2 is 1.43 bits per heavy atom. The van der Waals surface area contributed by atoms with E-state index in [9.17, 15) is 18.3 Å². The van der Waals surface area contributed by atoms with Crippen LogP contribution in [0.2, 0.25) is 0 Å². The predicted molar refractivity (Wildman–Crippen MR) is 134 cm³/mol. The molecule has 0 amide bonds. The molecule has 1 atom stereocenters. The first kappa shape index (κ1) is 23.1. The van der Waals surface area contributed by atoms with E-state index in [4.69, 9.17) is 4.99 Å². The van der Waals surface area contributed by atoms with E-state index in [0.29, 0.717) is 5.71 Å². The van der Waals surface area contributed by atoms with Crippen LogP contribution in [0.1, 0.15) is 41.5 Å². The fourth-order valence-electron chi connectivity index (χ4n) is 4.64. The van der Waals surface area contributed by atoms with Crippen molar-refractivity contribution in [2.24, 2.45) is 4.99 Å². The molecule has 1 aliphatic rings. The molecule has 176 valence electrons. The number of aliphatic hydroxyl groups excluding tert-OH is 1. The molecule has 5 heteroatoms. The largest absolute Gasteiger partial charge is 0.416 e. The third kappa shape index (κ3) is 4.40. The highest BCUT2D eigenvalue weighted by atomic mass is 19.4. The van der Waals surface area contributed by atoms with Crippen molar-refractivity contribution in [3.8, 4) is 22.3 Å². The second kappa shape index (κ2) is 9.16. The quantitative estimate of drug-likeness (QED) is 0.277. The van der Waals surface area contributed by atoms with Crippen LogP contribution < -0.4 is 0 Å². The maximum absolute atomic E-state index is 13.3. The third-order valence-electron chi connectivity index (χ3n) is 6.59. The van der Waals surface area contributed by atoms with E-state index in [1.807, 2.05) is 48.5 Å². The number of alkyl halides is 3. The van der Waals surface area contributed by atoms with Crippen molar-refractivity contribution in [2.45, 2.75) is 25.4 Å². The normalized spacial score (nSPS) is 14.6. The summed E-state index contributed by atoms with van der Waals surface area (Å²) in [4.78, 5) is 4.70. The van der Waals surface area contributed by atoms with Gasteiger partial charge in [-0.25, -0.2) is 4.99 Å². The Morgan fingerprint density at radius 1 is 0.743 bits per heavy atom. The van der Waals surface area contributed by atoms with Crippen molar-refractivity contribution in [1.29, 1.82) is 0 Å². The van der Waals surface area contributed by atoms with Crippen molar-refractivity contribution in [2.75, 3.05) is 6.61 Å². The standard InChI is InChI=1S/C30H24F3NO/c1-2-19(18-35)20-10-12-21(13-11-20)22-14-15-26-25-8-3-4-9-27(25)29(28(26)16-22)34-24-7-5-6-23(17-24)30(31,32)33/h3-17,19,35H,2,18H2,1H3. The number of fused-ring (bicyclic) bond motifs is 3. The summed E-state index contributed by atoms with van der Waals surface area (Å²) < 4.78 is 39.8. The molecule has 1 aliphatic carbocycles. The molecule has 1 N–H and O–H groups in total. The molecule has 0 heterocycles. The second-order valence-corrected chi connectivity index (χ2v) is 8.72. The zero-order valence-electron chi connectivity index (χ0n) is 19.2. The monoisotopic (exact) mass is 471 g/mol. The Balaban J connectivity index is 1.59. The Morgan fingerprint density at radius 3 is 2.11 bits per heavy atom. The minimum atomic E-state index is -4.42. The minimum Gasteiger partial charge on any atom is -0.396 e. The van der Waals surface area contributed by atoms with Gasteiger partial charge in [0.2, 0.25) is 0 Å². The molecule has 0 fully saturated rings. The molecule has 0 bridgehead atoms. The molecule has 0 radical (unpaired) electrons. The minimum absolute atomic E-state index is 0.113. The highest BCUT2D eigenvalue weighted by Gasteiger charge is 2.31. The number of benzene rings is 4. The average Bonchev–Trinajstić information content (AvgIpc) is 3.18. The van der Waals surface area contributed by atoms with Gasteiger partial charge in [0.25, 0.3) is 0 Å². The first-order chi connectivity index (χ1) is 16.9. The maximum Gasteiger partial charge on any atom is 0.416 e. The molecular formula is C30H24F3NO. The van der Waals surface area contributed by atoms with Crippen molar-refractivity contribution in [3.63, 3.8) is 0 Å². The van der Waals surface area contributed by atoms with Gasteiger partial charge in [0.05, 0.1) is 17.0 Å². The second-order valence-electron chi connectivity index (χ2n) is 8.72. The van der Waals surface area contributed by atoms with Crippen LogP contribution in [0.4, 0.5) is 18.9 Å². The van der Waals surface area contributed by atoms with E-state index >= 15 is 0 Å². The van der Waals surface area contributed by atoms with Gasteiger partial charge in [0.1, 0.15) is 0 Å². The topological polar surface area (TPSA) is 32.6 Å². The molecule has 0 aromatic heterocycles. The molecule has 4 aromatic rings. The molecule has 0 spiro atoms. The van der Waals surface area contributed by atoms with Gasteiger partial charge in [-0.1, -0.05) is 73.7 Å². The molecular weight excluding hydrogens is 447 g/mol. The van der Waals surface area contributed by atoms with E-state index in [1.165, 1.54) is 6.07 Å². The van der Waals surface area contributed by atoms with Gasteiger partial charge in [-0.2, -0.15) is 13.2 Å². The number of hydrogen-bond acceptors (Lipinski definition) is 2. The van der Waals surface area contributed by atoms with Gasteiger partial charge in [-0.15, -0.1) is 0 Å². The van der Waals surface area contributed by atoms with Gasteiger partial charge in [-0.05, 0) is 58.5 Å². The van der Waals surface area contributed by atoms with Gasteiger partial charge in [-0.3, -0.25) is 0 Å². The SMILES string of the molecule is CCC(CO)c1ccc(-c2ccc3c(c2)C(=Nc2cccc(C(F)(F)F)c2)c2ccccc2-3)cc1. The maximum atomic E-state index is 13.3. The van der Waals surface area contributed by atoms with Crippen LogP contribution in [0.25, 0.3) is 22.3 Å². The highest BCUT2D eigenvalue weighted by Crippen LogP contribution is 2.40. The fourth-order valence-corrected chi connectivity index (χ4v) is 4.64. The predicted octanol–water partition coefficient (Wildman–Crippen LogP) is 8.01. The summed E-state index contributed by atoms with van der Waals surface area (Å²) >= 11 is 0. The summed E-state index contributed by atoms with van der Waals surface area (Å²) in [7, 11) is 0. The zero-order chi connectivity index (χ0) is 24.6. The molecule has 4 aromatic carbocycles. The van der Waals surface area contributed by atoms with Crippen LogP contribution in [0.15, 0.2) is 96.0 Å². The van der Waals surface area contributed by atoms with Crippen LogP contribution >= 0.6 is 0 Å². The Hall–Kier alpha value is -3.70. The third-order valence-corrected chi connectivity index (χ3v) is 6.59. The molecule has 0 saturated carbocycles. The fraction of sp³-hybridized carbons (Fsp3) is 0.167. The van der Waals surface area contributed by atoms with Gasteiger partial charge in [0, 0.05) is 23.7 Å². The number of halogens is 3.